The van der Waals surface area contributed by atoms with Gasteiger partial charge in [0, 0.05) is 5.56 Å². The fraction of sp³-hybridized carbons (Fsp3) is 0.0870. The molecular formula is C23H17N3O5S. The van der Waals surface area contributed by atoms with Gasteiger partial charge in [0.2, 0.25) is 6.10 Å². The second-order valence-corrected chi connectivity index (χ2v) is 7.85. The van der Waals surface area contributed by atoms with Crippen molar-refractivity contribution in [1.29, 1.82) is 0 Å². The quantitative estimate of drug-likeness (QED) is 0.463. The fourth-order valence-corrected chi connectivity index (χ4v) is 4.13. The normalized spacial score (nSPS) is 14.6. The van der Waals surface area contributed by atoms with Gasteiger partial charge in [-0.3, -0.25) is 20.4 Å². The van der Waals surface area contributed by atoms with Crippen LogP contribution in [0.25, 0.3) is 22.0 Å². The molecule has 0 spiro atoms. The number of hydrazine groups is 1. The zero-order valence-corrected chi connectivity index (χ0v) is 17.4. The van der Waals surface area contributed by atoms with Crippen LogP contribution in [0.3, 0.4) is 0 Å². The van der Waals surface area contributed by atoms with Crippen molar-refractivity contribution < 1.29 is 23.5 Å². The number of rotatable bonds is 4. The monoisotopic (exact) mass is 447 g/mol. The van der Waals surface area contributed by atoms with Crippen LogP contribution in [0.5, 0.6) is 11.5 Å². The molecule has 0 aliphatic carbocycles. The summed E-state index contributed by atoms with van der Waals surface area (Å²) in [5.74, 6) is 0.585. The first-order chi connectivity index (χ1) is 15.7. The van der Waals surface area contributed by atoms with Gasteiger partial charge < -0.3 is 13.9 Å². The van der Waals surface area contributed by atoms with E-state index in [2.05, 4.69) is 15.8 Å². The molecule has 1 unspecified atom stereocenters. The second kappa shape index (κ2) is 8.56. The van der Waals surface area contributed by atoms with E-state index in [1.807, 2.05) is 36.4 Å². The Hall–Kier alpha value is -4.11. The van der Waals surface area contributed by atoms with Crippen LogP contribution < -0.4 is 20.3 Å². The third-order valence-electron chi connectivity index (χ3n) is 4.71. The minimum absolute atomic E-state index is 0.0389. The first-order valence-corrected chi connectivity index (χ1v) is 10.6. The Balaban J connectivity index is 1.32. The van der Waals surface area contributed by atoms with Gasteiger partial charge >= 0.3 is 0 Å². The predicted octanol–water partition coefficient (Wildman–Crippen LogP) is 3.67. The smallest absolute Gasteiger partial charge is 0.283 e. The molecule has 1 aliphatic heterocycles. The zero-order chi connectivity index (χ0) is 21.9. The van der Waals surface area contributed by atoms with Gasteiger partial charge in [-0.2, -0.15) is 0 Å². The summed E-state index contributed by atoms with van der Waals surface area (Å²) in [6.07, 6.45) is 0.655. The summed E-state index contributed by atoms with van der Waals surface area (Å²) in [6.45, 7) is 0.0389. The summed E-state index contributed by atoms with van der Waals surface area (Å²) < 4.78 is 16.6. The molecule has 2 aromatic carbocycles. The summed E-state index contributed by atoms with van der Waals surface area (Å²) in [5, 5.41) is 0.561. The standard InChI is InChI=1S/C23H17N3O5S/c27-21(18-13-30-15-9-4-5-10-16(15)31-18)25-26-22(28)20-19(14-7-2-1-3-8-14)24-23(32-20)17-11-6-12-29-17/h1-12,18H,13H2,(H,25,27)(H,26,28). The first kappa shape index (κ1) is 19.8. The number of fused-ring (bicyclic) bond motifs is 1. The van der Waals surface area contributed by atoms with E-state index in [4.69, 9.17) is 13.9 Å². The highest BCUT2D eigenvalue weighted by atomic mass is 32.1. The maximum Gasteiger partial charge on any atom is 0.283 e. The minimum atomic E-state index is -0.890. The van der Waals surface area contributed by atoms with Crippen molar-refractivity contribution in [3.05, 3.63) is 77.9 Å². The van der Waals surface area contributed by atoms with Crippen molar-refractivity contribution in [2.75, 3.05) is 6.61 Å². The predicted molar refractivity (Wildman–Crippen MR) is 117 cm³/mol. The number of ether oxygens (including phenoxy) is 2. The van der Waals surface area contributed by atoms with Crippen molar-refractivity contribution in [3.8, 4) is 33.5 Å². The van der Waals surface area contributed by atoms with Gasteiger partial charge in [-0.1, -0.05) is 42.5 Å². The largest absolute Gasteiger partial charge is 0.485 e. The molecule has 0 saturated heterocycles. The maximum atomic E-state index is 12.9. The lowest BCUT2D eigenvalue weighted by molar-refractivity contribution is -0.131. The molecule has 3 heterocycles. The second-order valence-electron chi connectivity index (χ2n) is 6.85. The van der Waals surface area contributed by atoms with E-state index >= 15 is 0 Å². The molecule has 160 valence electrons. The van der Waals surface area contributed by atoms with Gasteiger partial charge in [-0.25, -0.2) is 4.98 Å². The summed E-state index contributed by atoms with van der Waals surface area (Å²) in [5.41, 5.74) is 6.15. The summed E-state index contributed by atoms with van der Waals surface area (Å²) in [6, 6.07) is 19.9. The molecule has 5 rings (SSSR count). The molecule has 8 nitrogen and oxygen atoms in total. The van der Waals surface area contributed by atoms with E-state index < -0.39 is 17.9 Å². The van der Waals surface area contributed by atoms with Crippen LogP contribution in [0.2, 0.25) is 0 Å². The molecule has 4 aromatic rings. The van der Waals surface area contributed by atoms with Crippen LogP contribution in [0.1, 0.15) is 9.67 Å². The van der Waals surface area contributed by atoms with Gasteiger partial charge in [0.25, 0.3) is 11.8 Å². The third kappa shape index (κ3) is 3.93. The highest BCUT2D eigenvalue weighted by molar-refractivity contribution is 7.17. The van der Waals surface area contributed by atoms with Crippen LogP contribution in [0, 0.1) is 0 Å². The lowest BCUT2D eigenvalue weighted by Gasteiger charge is -2.25. The molecule has 1 atom stereocenters. The van der Waals surface area contributed by atoms with E-state index in [1.54, 1.807) is 36.6 Å². The van der Waals surface area contributed by atoms with Crippen molar-refractivity contribution >= 4 is 23.2 Å². The topological polar surface area (TPSA) is 103 Å². The Morgan fingerprint density at radius 2 is 1.72 bits per heavy atom. The van der Waals surface area contributed by atoms with Gasteiger partial charge in [0.15, 0.2) is 22.3 Å². The maximum absolute atomic E-state index is 12.9. The number of thiazole rings is 1. The van der Waals surface area contributed by atoms with E-state index in [0.29, 0.717) is 32.8 Å². The Bertz CT molecular complexity index is 1250. The molecule has 9 heteroatoms. The Kier molecular flexibility index (Phi) is 5.30. The van der Waals surface area contributed by atoms with Gasteiger partial charge in [-0.15, -0.1) is 11.3 Å². The molecule has 32 heavy (non-hydrogen) atoms. The number of nitrogens with one attached hydrogen (secondary N) is 2. The lowest BCUT2D eigenvalue weighted by Crippen LogP contribution is -2.50. The molecule has 2 N–H and O–H groups in total. The third-order valence-corrected chi connectivity index (χ3v) is 5.78. The van der Waals surface area contributed by atoms with Crippen molar-refractivity contribution in [1.82, 2.24) is 15.8 Å². The number of para-hydroxylation sites is 2. The highest BCUT2D eigenvalue weighted by Crippen LogP contribution is 2.34. The average molecular weight is 447 g/mol. The molecule has 0 fully saturated rings. The molecule has 0 saturated carbocycles. The van der Waals surface area contributed by atoms with Gasteiger partial charge in [0.1, 0.15) is 11.5 Å². The number of hydrogen-bond acceptors (Lipinski definition) is 7. The molecule has 2 amide bonds. The van der Waals surface area contributed by atoms with Crippen molar-refractivity contribution in [2.24, 2.45) is 0 Å². The Labute approximate surface area is 186 Å². The number of hydrogen-bond donors (Lipinski definition) is 2. The average Bonchev–Trinajstić information content (AvgIpc) is 3.53. The number of aromatic nitrogens is 1. The SMILES string of the molecule is O=C(NNC(=O)C1COc2ccccc2O1)c1sc(-c2ccco2)nc1-c1ccccc1. The summed E-state index contributed by atoms with van der Waals surface area (Å²) in [4.78, 5) is 30.4. The number of furan rings is 1. The first-order valence-electron chi connectivity index (χ1n) is 9.78. The van der Waals surface area contributed by atoms with Crippen molar-refractivity contribution in [3.63, 3.8) is 0 Å². The Morgan fingerprint density at radius 1 is 0.938 bits per heavy atom. The number of carbonyl (C=O) groups excluding carboxylic acids is 2. The minimum Gasteiger partial charge on any atom is -0.485 e. The van der Waals surface area contributed by atoms with Crippen LogP contribution >= 0.6 is 11.3 Å². The van der Waals surface area contributed by atoms with E-state index in [1.165, 1.54) is 11.3 Å². The molecule has 1 aliphatic rings. The Morgan fingerprint density at radius 3 is 2.50 bits per heavy atom. The van der Waals surface area contributed by atoms with Crippen LogP contribution in [-0.4, -0.2) is 29.5 Å². The van der Waals surface area contributed by atoms with Crippen molar-refractivity contribution in [2.45, 2.75) is 6.10 Å². The molecule has 0 bridgehead atoms. The lowest BCUT2D eigenvalue weighted by atomic mass is 10.1. The van der Waals surface area contributed by atoms with Gasteiger partial charge in [-0.05, 0) is 24.3 Å². The van der Waals surface area contributed by atoms with E-state index in [-0.39, 0.29) is 6.61 Å². The number of amides is 2. The zero-order valence-electron chi connectivity index (χ0n) is 16.6. The molecule has 0 radical (unpaired) electrons. The van der Waals surface area contributed by atoms with E-state index in [0.717, 1.165) is 5.56 Å². The number of benzene rings is 2. The fourth-order valence-electron chi connectivity index (χ4n) is 3.18. The van der Waals surface area contributed by atoms with Crippen LogP contribution in [-0.2, 0) is 4.79 Å². The van der Waals surface area contributed by atoms with Gasteiger partial charge in [0.05, 0.1) is 12.0 Å². The number of carbonyl (C=O) groups is 2. The van der Waals surface area contributed by atoms with E-state index in [9.17, 15) is 9.59 Å². The molecular weight excluding hydrogens is 430 g/mol. The van der Waals surface area contributed by atoms with Crippen LogP contribution in [0.15, 0.2) is 77.4 Å². The summed E-state index contributed by atoms with van der Waals surface area (Å²) >= 11 is 1.17. The number of nitrogens with zero attached hydrogens (tertiary/aromatic N) is 1. The molecule has 2 aromatic heterocycles. The summed E-state index contributed by atoms with van der Waals surface area (Å²) in [7, 11) is 0. The van der Waals surface area contributed by atoms with Crippen LogP contribution in [0.4, 0.5) is 0 Å². The highest BCUT2D eigenvalue weighted by Gasteiger charge is 2.28.